The summed E-state index contributed by atoms with van der Waals surface area (Å²) in [4.78, 5) is 24.0. The Hall–Kier alpha value is -2.62. The van der Waals surface area contributed by atoms with Crippen molar-refractivity contribution in [3.05, 3.63) is 65.2 Å². The quantitative estimate of drug-likeness (QED) is 0.876. The highest BCUT2D eigenvalue weighted by molar-refractivity contribution is 6.05. The van der Waals surface area contributed by atoms with Crippen molar-refractivity contribution in [3.8, 4) is 0 Å². The summed E-state index contributed by atoms with van der Waals surface area (Å²) in [5.74, 6) is -0.602. The van der Waals surface area contributed by atoms with Gasteiger partial charge in [-0.05, 0) is 36.2 Å². The molecule has 108 valence electrons. The maximum Gasteiger partial charge on any atom is 0.338 e. The second-order valence-electron chi connectivity index (χ2n) is 4.50. The van der Waals surface area contributed by atoms with Gasteiger partial charge < -0.3 is 10.1 Å². The first kappa shape index (κ1) is 14.8. The van der Waals surface area contributed by atoms with E-state index in [0.717, 1.165) is 5.56 Å². The number of hydrogen-bond acceptors (Lipinski definition) is 3. The van der Waals surface area contributed by atoms with Crippen LogP contribution in [0.5, 0.6) is 0 Å². The fourth-order valence-corrected chi connectivity index (χ4v) is 2.17. The van der Waals surface area contributed by atoms with E-state index in [1.807, 2.05) is 13.0 Å². The minimum absolute atomic E-state index is 0.202. The molecule has 0 unspecified atom stereocenters. The van der Waals surface area contributed by atoms with Gasteiger partial charge in [-0.3, -0.25) is 4.79 Å². The predicted octanol–water partition coefficient (Wildman–Crippen LogP) is 3.29. The fourth-order valence-electron chi connectivity index (χ4n) is 2.17. The molecule has 0 saturated heterocycles. The Morgan fingerprint density at radius 2 is 1.76 bits per heavy atom. The monoisotopic (exact) mass is 283 g/mol. The molecule has 0 aliphatic heterocycles. The number of ether oxygens (including phenoxy) is 1. The standard InChI is InChI=1S/C17H17NO3/c1-3-13-14(17(20)21-2)10-7-11-15(13)18-16(19)12-8-5-4-6-9-12/h4-11H,3H2,1-2H3,(H,18,19). The molecule has 2 rings (SSSR count). The zero-order valence-electron chi connectivity index (χ0n) is 12.1. The minimum Gasteiger partial charge on any atom is -0.465 e. The SMILES string of the molecule is CCc1c(NC(=O)c2ccccc2)cccc1C(=O)OC. The molecule has 21 heavy (non-hydrogen) atoms. The molecule has 1 N–H and O–H groups in total. The molecule has 2 aromatic rings. The molecule has 4 heteroatoms. The lowest BCUT2D eigenvalue weighted by molar-refractivity contribution is 0.0599. The molecule has 0 saturated carbocycles. The number of carbonyl (C=O) groups excluding carboxylic acids is 2. The van der Waals surface area contributed by atoms with E-state index in [9.17, 15) is 9.59 Å². The maximum atomic E-state index is 12.2. The van der Waals surface area contributed by atoms with Gasteiger partial charge in [-0.15, -0.1) is 0 Å². The third-order valence-corrected chi connectivity index (χ3v) is 3.22. The largest absolute Gasteiger partial charge is 0.465 e. The van der Waals surface area contributed by atoms with Gasteiger partial charge in [0.25, 0.3) is 5.91 Å². The van der Waals surface area contributed by atoms with E-state index >= 15 is 0 Å². The van der Waals surface area contributed by atoms with E-state index in [1.165, 1.54) is 7.11 Å². The summed E-state index contributed by atoms with van der Waals surface area (Å²) in [6, 6.07) is 14.2. The van der Waals surface area contributed by atoms with Crippen LogP contribution in [-0.2, 0) is 11.2 Å². The number of methoxy groups -OCH3 is 1. The average molecular weight is 283 g/mol. The highest BCUT2D eigenvalue weighted by Crippen LogP contribution is 2.22. The molecule has 0 bridgehead atoms. The Labute approximate surface area is 123 Å². The van der Waals surface area contributed by atoms with Gasteiger partial charge in [-0.2, -0.15) is 0 Å². The topological polar surface area (TPSA) is 55.4 Å². The molecule has 4 nitrogen and oxygen atoms in total. The lowest BCUT2D eigenvalue weighted by Gasteiger charge is -2.13. The van der Waals surface area contributed by atoms with E-state index in [1.54, 1.807) is 42.5 Å². The van der Waals surface area contributed by atoms with Crippen LogP contribution in [0.3, 0.4) is 0 Å². The van der Waals surface area contributed by atoms with Gasteiger partial charge in [-0.1, -0.05) is 31.2 Å². The number of carbonyl (C=O) groups is 2. The van der Waals surface area contributed by atoms with E-state index in [2.05, 4.69) is 5.32 Å². The Morgan fingerprint density at radius 3 is 2.38 bits per heavy atom. The van der Waals surface area contributed by atoms with Gasteiger partial charge in [0.2, 0.25) is 0 Å². The molecular formula is C17H17NO3. The van der Waals surface area contributed by atoms with Crippen molar-refractivity contribution in [2.24, 2.45) is 0 Å². The number of rotatable bonds is 4. The summed E-state index contributed by atoms with van der Waals surface area (Å²) < 4.78 is 4.77. The Kier molecular flexibility index (Phi) is 4.72. The third-order valence-electron chi connectivity index (χ3n) is 3.22. The summed E-state index contributed by atoms with van der Waals surface area (Å²) in [6.45, 7) is 1.93. The highest BCUT2D eigenvalue weighted by atomic mass is 16.5. The maximum absolute atomic E-state index is 12.2. The van der Waals surface area contributed by atoms with Crippen molar-refractivity contribution in [1.82, 2.24) is 0 Å². The van der Waals surface area contributed by atoms with E-state index in [0.29, 0.717) is 23.2 Å². The number of esters is 1. The number of nitrogens with one attached hydrogen (secondary N) is 1. The van der Waals surface area contributed by atoms with Crippen LogP contribution < -0.4 is 5.32 Å². The van der Waals surface area contributed by atoms with Crippen molar-refractivity contribution in [2.45, 2.75) is 13.3 Å². The van der Waals surface area contributed by atoms with Crippen LogP contribution in [0.4, 0.5) is 5.69 Å². The first-order chi connectivity index (χ1) is 10.2. The first-order valence-electron chi connectivity index (χ1n) is 6.74. The highest BCUT2D eigenvalue weighted by Gasteiger charge is 2.15. The molecule has 2 aromatic carbocycles. The number of amides is 1. The van der Waals surface area contributed by atoms with E-state index < -0.39 is 5.97 Å². The number of benzene rings is 2. The molecule has 0 heterocycles. The van der Waals surface area contributed by atoms with Crippen molar-refractivity contribution in [2.75, 3.05) is 12.4 Å². The average Bonchev–Trinajstić information content (AvgIpc) is 2.54. The molecule has 0 aliphatic rings. The molecule has 0 aliphatic carbocycles. The fraction of sp³-hybridized carbons (Fsp3) is 0.176. The van der Waals surface area contributed by atoms with Gasteiger partial charge in [0.15, 0.2) is 0 Å². The smallest absolute Gasteiger partial charge is 0.338 e. The van der Waals surface area contributed by atoms with Crippen molar-refractivity contribution in [3.63, 3.8) is 0 Å². The summed E-state index contributed by atoms with van der Waals surface area (Å²) >= 11 is 0. The van der Waals surface area contributed by atoms with E-state index in [-0.39, 0.29) is 5.91 Å². The first-order valence-corrected chi connectivity index (χ1v) is 6.74. The Bertz CT molecular complexity index is 650. The second kappa shape index (κ2) is 6.70. The minimum atomic E-state index is -0.400. The molecule has 1 amide bonds. The molecule has 0 spiro atoms. The molecule has 0 aromatic heterocycles. The van der Waals surface area contributed by atoms with Crippen LogP contribution in [0, 0.1) is 0 Å². The third kappa shape index (κ3) is 3.28. The normalized spacial score (nSPS) is 10.0. The summed E-state index contributed by atoms with van der Waals surface area (Å²) in [6.07, 6.45) is 0.621. The zero-order valence-corrected chi connectivity index (χ0v) is 12.1. The lowest BCUT2D eigenvalue weighted by atomic mass is 10.0. The van der Waals surface area contributed by atoms with Gasteiger partial charge in [0.1, 0.15) is 0 Å². The molecule has 0 atom stereocenters. The predicted molar refractivity (Wildman–Crippen MR) is 81.6 cm³/mol. The zero-order chi connectivity index (χ0) is 15.2. The number of hydrogen-bond donors (Lipinski definition) is 1. The van der Waals surface area contributed by atoms with Gasteiger partial charge in [0, 0.05) is 11.3 Å². The lowest BCUT2D eigenvalue weighted by Crippen LogP contribution is -2.15. The van der Waals surface area contributed by atoms with Crippen LogP contribution in [0.2, 0.25) is 0 Å². The summed E-state index contributed by atoms with van der Waals surface area (Å²) in [5.41, 5.74) is 2.46. The van der Waals surface area contributed by atoms with Gasteiger partial charge in [-0.25, -0.2) is 4.79 Å². The Balaban J connectivity index is 2.32. The van der Waals surface area contributed by atoms with Gasteiger partial charge >= 0.3 is 5.97 Å². The molecule has 0 radical (unpaired) electrons. The van der Waals surface area contributed by atoms with Crippen LogP contribution in [0.25, 0.3) is 0 Å². The van der Waals surface area contributed by atoms with E-state index in [4.69, 9.17) is 4.74 Å². The Morgan fingerprint density at radius 1 is 1.05 bits per heavy atom. The molecule has 0 fully saturated rings. The summed E-state index contributed by atoms with van der Waals surface area (Å²) in [7, 11) is 1.34. The van der Waals surface area contributed by atoms with Crippen LogP contribution >= 0.6 is 0 Å². The second-order valence-corrected chi connectivity index (χ2v) is 4.50. The van der Waals surface area contributed by atoms with Crippen molar-refractivity contribution in [1.29, 1.82) is 0 Å². The summed E-state index contributed by atoms with van der Waals surface area (Å²) in [5, 5.41) is 2.85. The van der Waals surface area contributed by atoms with Crippen LogP contribution in [0.1, 0.15) is 33.2 Å². The van der Waals surface area contributed by atoms with Crippen molar-refractivity contribution < 1.29 is 14.3 Å². The van der Waals surface area contributed by atoms with Gasteiger partial charge in [0.05, 0.1) is 12.7 Å². The van der Waals surface area contributed by atoms with Crippen molar-refractivity contribution >= 4 is 17.6 Å². The number of anilines is 1. The van der Waals surface area contributed by atoms with Crippen LogP contribution in [0.15, 0.2) is 48.5 Å². The van der Waals surface area contributed by atoms with Crippen LogP contribution in [-0.4, -0.2) is 19.0 Å². The molecular weight excluding hydrogens is 266 g/mol.